The zero-order chi connectivity index (χ0) is 31.7. The lowest BCUT2D eigenvalue weighted by atomic mass is 9.92. The summed E-state index contributed by atoms with van der Waals surface area (Å²) in [6.07, 6.45) is 0.539. The largest absolute Gasteiger partial charge is 0.468 e. The van der Waals surface area contributed by atoms with Crippen LogP contribution in [0.2, 0.25) is 0 Å². The Labute approximate surface area is 257 Å². The van der Waals surface area contributed by atoms with E-state index in [1.807, 2.05) is 59.2 Å². The molecule has 3 aromatic heterocycles. The van der Waals surface area contributed by atoms with Gasteiger partial charge in [-0.25, -0.2) is 18.9 Å². The van der Waals surface area contributed by atoms with E-state index < -0.39 is 23.8 Å². The summed E-state index contributed by atoms with van der Waals surface area (Å²) in [6, 6.07) is 24.8. The Kier molecular flexibility index (Phi) is 7.71. The van der Waals surface area contributed by atoms with Crippen LogP contribution in [0.25, 0.3) is 39.4 Å². The molecule has 0 aliphatic heterocycles. The average Bonchev–Trinajstić information content (AvgIpc) is 3.68. The minimum Gasteiger partial charge on any atom is -0.468 e. The SMILES string of the molecule is COC(=O)Cn1c(=O)c2c(nc(CC(C)(C)C)n2Cc2ccc(-c3ccccc3-c3nn[nH]n3)cc2)n(-c2ccccc2)c1=O. The van der Waals surface area contributed by atoms with Gasteiger partial charge in [0, 0.05) is 18.5 Å². The van der Waals surface area contributed by atoms with Crippen LogP contribution in [0.1, 0.15) is 32.2 Å². The van der Waals surface area contributed by atoms with Crippen molar-refractivity contribution < 1.29 is 9.53 Å². The van der Waals surface area contributed by atoms with Gasteiger partial charge in [-0.15, -0.1) is 10.2 Å². The number of para-hydroxylation sites is 1. The number of H-pyrrole nitrogens is 1. The number of benzene rings is 3. The summed E-state index contributed by atoms with van der Waals surface area (Å²) in [5.41, 5.74) is 3.22. The van der Waals surface area contributed by atoms with Crippen molar-refractivity contribution in [3.63, 3.8) is 0 Å². The number of carbonyl (C=O) groups excluding carboxylic acids is 1. The van der Waals surface area contributed by atoms with E-state index in [4.69, 9.17) is 9.72 Å². The molecule has 0 aliphatic rings. The number of fused-ring (bicyclic) bond motifs is 1. The van der Waals surface area contributed by atoms with Gasteiger partial charge in [0.1, 0.15) is 12.4 Å². The highest BCUT2D eigenvalue weighted by molar-refractivity contribution is 5.80. The first-order chi connectivity index (χ1) is 21.6. The molecule has 0 radical (unpaired) electrons. The summed E-state index contributed by atoms with van der Waals surface area (Å²) in [4.78, 5) is 45.0. The molecule has 0 spiro atoms. The van der Waals surface area contributed by atoms with Crippen molar-refractivity contribution in [1.29, 1.82) is 0 Å². The number of imidazole rings is 1. The fourth-order valence-electron chi connectivity index (χ4n) is 5.38. The molecule has 0 amide bonds. The van der Waals surface area contributed by atoms with Crippen LogP contribution in [0.3, 0.4) is 0 Å². The monoisotopic (exact) mass is 604 g/mol. The molecule has 3 heterocycles. The summed E-state index contributed by atoms with van der Waals surface area (Å²) in [5, 5.41) is 14.5. The van der Waals surface area contributed by atoms with E-state index in [1.54, 1.807) is 24.3 Å². The number of esters is 1. The summed E-state index contributed by atoms with van der Waals surface area (Å²) in [5.74, 6) is 0.450. The minimum absolute atomic E-state index is 0.176. The topological polar surface area (TPSA) is 143 Å². The normalized spacial score (nSPS) is 11.6. The maximum Gasteiger partial charge on any atom is 0.337 e. The van der Waals surface area contributed by atoms with Gasteiger partial charge in [0.15, 0.2) is 11.2 Å². The Morgan fingerprint density at radius 2 is 1.58 bits per heavy atom. The molecule has 0 atom stereocenters. The highest BCUT2D eigenvalue weighted by atomic mass is 16.5. The molecule has 6 aromatic rings. The highest BCUT2D eigenvalue weighted by Gasteiger charge is 2.26. The Balaban J connectivity index is 1.51. The molecule has 1 N–H and O–H groups in total. The molecule has 12 heteroatoms. The second-order valence-electron chi connectivity index (χ2n) is 11.9. The van der Waals surface area contributed by atoms with E-state index in [0.717, 1.165) is 26.8 Å². The van der Waals surface area contributed by atoms with Crippen LogP contribution in [0, 0.1) is 5.41 Å². The lowest BCUT2D eigenvalue weighted by molar-refractivity contribution is -0.141. The molecule has 0 unspecified atom stereocenters. The second-order valence-corrected chi connectivity index (χ2v) is 11.9. The first-order valence-electron chi connectivity index (χ1n) is 14.4. The first kappa shape index (κ1) is 29.4. The number of methoxy groups -OCH3 is 1. The average molecular weight is 605 g/mol. The third kappa shape index (κ3) is 5.81. The number of aromatic nitrogens is 8. The maximum absolute atomic E-state index is 14.0. The van der Waals surface area contributed by atoms with Gasteiger partial charge in [-0.3, -0.25) is 9.59 Å². The van der Waals surface area contributed by atoms with Crippen molar-refractivity contribution in [3.8, 4) is 28.2 Å². The number of aromatic amines is 1. The number of tetrazole rings is 1. The third-order valence-corrected chi connectivity index (χ3v) is 7.45. The Morgan fingerprint density at radius 1 is 0.889 bits per heavy atom. The van der Waals surface area contributed by atoms with Gasteiger partial charge in [-0.1, -0.05) is 87.5 Å². The third-order valence-electron chi connectivity index (χ3n) is 7.45. The molecule has 45 heavy (non-hydrogen) atoms. The van der Waals surface area contributed by atoms with Gasteiger partial charge in [0.05, 0.1) is 12.8 Å². The van der Waals surface area contributed by atoms with E-state index in [1.165, 1.54) is 11.7 Å². The quantitative estimate of drug-likeness (QED) is 0.257. The fourth-order valence-corrected chi connectivity index (χ4v) is 5.38. The van der Waals surface area contributed by atoms with Crippen LogP contribution >= 0.6 is 0 Å². The van der Waals surface area contributed by atoms with Gasteiger partial charge in [0.2, 0.25) is 5.82 Å². The molecule has 0 aliphatic carbocycles. The van der Waals surface area contributed by atoms with Gasteiger partial charge in [-0.05, 0) is 39.5 Å². The van der Waals surface area contributed by atoms with Crippen LogP contribution in [-0.2, 0) is 29.0 Å². The van der Waals surface area contributed by atoms with E-state index in [9.17, 15) is 14.4 Å². The van der Waals surface area contributed by atoms with Crippen molar-refractivity contribution in [2.45, 2.75) is 40.3 Å². The predicted octanol–water partition coefficient (Wildman–Crippen LogP) is 4.01. The van der Waals surface area contributed by atoms with Crippen LogP contribution in [0.4, 0.5) is 0 Å². The second kappa shape index (κ2) is 11.8. The van der Waals surface area contributed by atoms with Crippen molar-refractivity contribution >= 4 is 17.1 Å². The van der Waals surface area contributed by atoms with Crippen LogP contribution < -0.4 is 11.2 Å². The van der Waals surface area contributed by atoms with E-state index >= 15 is 0 Å². The lowest BCUT2D eigenvalue weighted by Crippen LogP contribution is -2.42. The van der Waals surface area contributed by atoms with Crippen molar-refractivity contribution in [3.05, 3.63) is 111 Å². The van der Waals surface area contributed by atoms with Gasteiger partial charge >= 0.3 is 11.7 Å². The smallest absolute Gasteiger partial charge is 0.337 e. The summed E-state index contributed by atoms with van der Waals surface area (Å²) in [6.45, 7) is 6.06. The fraction of sp³-hybridized carbons (Fsp3) is 0.242. The minimum atomic E-state index is -0.703. The Bertz CT molecular complexity index is 2100. The molecule has 228 valence electrons. The van der Waals surface area contributed by atoms with E-state index in [-0.39, 0.29) is 16.6 Å². The number of rotatable bonds is 8. The number of hydrogen-bond acceptors (Lipinski definition) is 8. The van der Waals surface area contributed by atoms with E-state index in [2.05, 4.69) is 41.4 Å². The standard InChI is InChI=1S/C33H32N8O4/c1-33(2,3)18-26-34-30-28(31(43)40(20-27(42)45-4)32(44)41(30)23-10-6-5-7-11-23)39(26)19-21-14-16-22(17-15-21)24-12-8-9-13-25(24)29-35-37-38-36-29/h5-17H,18-20H2,1-4H3,(H,35,36,37,38). The zero-order valence-electron chi connectivity index (χ0n) is 25.4. The number of nitrogens with zero attached hydrogens (tertiary/aromatic N) is 7. The maximum atomic E-state index is 14.0. The number of ether oxygens (including phenoxy) is 1. The molecular formula is C33H32N8O4. The number of hydrogen-bond donors (Lipinski definition) is 1. The van der Waals surface area contributed by atoms with Crippen LogP contribution in [0.15, 0.2) is 88.5 Å². The highest BCUT2D eigenvalue weighted by Crippen LogP contribution is 2.30. The van der Waals surface area contributed by atoms with Gasteiger partial charge < -0.3 is 9.30 Å². The molecule has 0 saturated carbocycles. The van der Waals surface area contributed by atoms with Crippen molar-refractivity contribution in [1.82, 2.24) is 39.3 Å². The summed E-state index contributed by atoms with van der Waals surface area (Å²) < 4.78 is 8.98. The van der Waals surface area contributed by atoms with Crippen LogP contribution in [0.5, 0.6) is 0 Å². The molecule has 3 aromatic carbocycles. The van der Waals surface area contributed by atoms with Gasteiger partial charge in [-0.2, -0.15) is 5.21 Å². The Morgan fingerprint density at radius 3 is 2.22 bits per heavy atom. The van der Waals surface area contributed by atoms with E-state index in [0.29, 0.717) is 30.3 Å². The lowest BCUT2D eigenvalue weighted by Gasteiger charge is -2.19. The summed E-state index contributed by atoms with van der Waals surface area (Å²) >= 11 is 0. The predicted molar refractivity (Wildman–Crippen MR) is 169 cm³/mol. The first-order valence-corrected chi connectivity index (χ1v) is 14.4. The number of carbonyl (C=O) groups is 1. The molecular weight excluding hydrogens is 572 g/mol. The van der Waals surface area contributed by atoms with Crippen LogP contribution in [-0.4, -0.2) is 52.4 Å². The zero-order valence-corrected chi connectivity index (χ0v) is 25.4. The molecule has 0 saturated heterocycles. The number of nitrogens with one attached hydrogen (secondary N) is 1. The molecule has 0 fully saturated rings. The van der Waals surface area contributed by atoms with Crippen molar-refractivity contribution in [2.75, 3.05) is 7.11 Å². The van der Waals surface area contributed by atoms with Crippen molar-refractivity contribution in [2.24, 2.45) is 5.41 Å². The Hall–Kier alpha value is -5.65. The molecule has 6 rings (SSSR count). The summed E-state index contributed by atoms with van der Waals surface area (Å²) in [7, 11) is 1.22. The van der Waals surface area contributed by atoms with Gasteiger partial charge in [0.25, 0.3) is 5.56 Å². The molecule has 12 nitrogen and oxygen atoms in total. The molecule has 0 bridgehead atoms.